The second-order valence-electron chi connectivity index (χ2n) is 12.9. The molecular formula is C33H39Br2ClN10O4. The maximum Gasteiger partial charge on any atom is 0.352 e. The zero-order chi connectivity index (χ0) is 35.5. The number of benzene rings is 1. The molecule has 1 aliphatic carbocycles. The highest BCUT2D eigenvalue weighted by molar-refractivity contribution is 9.10. The van der Waals surface area contributed by atoms with E-state index in [-0.39, 0.29) is 41.8 Å². The molecule has 50 heavy (non-hydrogen) atoms. The van der Waals surface area contributed by atoms with Crippen LogP contribution in [0.25, 0.3) is 5.65 Å². The number of primary amides is 1. The van der Waals surface area contributed by atoms with Gasteiger partial charge in [0.2, 0.25) is 11.6 Å². The third kappa shape index (κ3) is 7.82. The van der Waals surface area contributed by atoms with Crippen LogP contribution >= 0.6 is 43.5 Å². The molecule has 0 unspecified atom stereocenters. The Morgan fingerprint density at radius 1 is 1.00 bits per heavy atom. The summed E-state index contributed by atoms with van der Waals surface area (Å²) in [5.41, 5.74) is 15.5. The van der Waals surface area contributed by atoms with Gasteiger partial charge in [0.25, 0.3) is 5.88 Å². The molecule has 3 aromatic heterocycles. The first-order chi connectivity index (χ1) is 24.0. The zero-order valence-corrected chi connectivity index (χ0v) is 31.5. The van der Waals surface area contributed by atoms with Crippen LogP contribution in [0, 0.1) is 11.8 Å². The molecule has 4 N–H and O–H groups in total. The van der Waals surface area contributed by atoms with Gasteiger partial charge in [-0.3, -0.25) is 15.5 Å². The number of nitrogens with zero attached hydrogens (tertiary/aromatic N) is 8. The van der Waals surface area contributed by atoms with Crippen molar-refractivity contribution >= 4 is 61.0 Å². The number of carbonyl (C=O) groups excluding carboxylic acids is 2. The van der Waals surface area contributed by atoms with Gasteiger partial charge in [-0.2, -0.15) is 9.67 Å². The number of carbonyl (C=O) groups is 2. The van der Waals surface area contributed by atoms with E-state index >= 15 is 0 Å². The summed E-state index contributed by atoms with van der Waals surface area (Å²) in [5, 5.41) is 8.10. The Balaban J connectivity index is 0.000000257. The summed E-state index contributed by atoms with van der Waals surface area (Å²) in [5.74, 6) is 1.34. The Kier molecular flexibility index (Phi) is 11.4. The van der Waals surface area contributed by atoms with Crippen LogP contribution in [-0.4, -0.2) is 84.0 Å². The number of hydrogen-bond donors (Lipinski definition) is 2. The van der Waals surface area contributed by atoms with Gasteiger partial charge in [0, 0.05) is 65.7 Å². The van der Waals surface area contributed by atoms with Gasteiger partial charge in [-0.05, 0) is 101 Å². The SMILES string of the molecule is Cn1nnc2c(OCN)ncn2c1=O.NC(=O)N1CCC(CC(=O)N2CCC([C@@H]3c4ncc(Br)cc4CCc4cc(Cl)cc(Br)c43)CC2)CC1. The number of imidazole rings is 1. The van der Waals surface area contributed by atoms with Gasteiger partial charge >= 0.3 is 11.7 Å². The van der Waals surface area contributed by atoms with E-state index in [0.29, 0.717) is 31.3 Å². The largest absolute Gasteiger partial charge is 0.459 e. The second kappa shape index (κ2) is 15.7. The summed E-state index contributed by atoms with van der Waals surface area (Å²) in [7, 11) is 1.50. The highest BCUT2D eigenvalue weighted by atomic mass is 79.9. The summed E-state index contributed by atoms with van der Waals surface area (Å²) >= 11 is 13.9. The van der Waals surface area contributed by atoms with Crippen LogP contribution in [-0.2, 0) is 24.7 Å². The zero-order valence-electron chi connectivity index (χ0n) is 27.6. The topological polar surface area (TPSA) is 180 Å². The third-order valence-electron chi connectivity index (χ3n) is 9.86. The Morgan fingerprint density at radius 2 is 1.70 bits per heavy atom. The molecule has 1 aromatic carbocycles. The lowest BCUT2D eigenvalue weighted by Crippen LogP contribution is -2.44. The fourth-order valence-corrected chi connectivity index (χ4v) is 8.79. The molecule has 17 heteroatoms. The minimum atomic E-state index is -0.362. The molecule has 0 radical (unpaired) electrons. The molecule has 0 saturated carbocycles. The fourth-order valence-electron chi connectivity index (χ4n) is 7.29. The number of nitrogens with two attached hydrogens (primary N) is 2. The number of fused-ring (bicyclic) bond motifs is 3. The molecule has 3 amide bonds. The van der Waals surface area contributed by atoms with E-state index in [1.807, 2.05) is 17.2 Å². The fraction of sp³-hybridized carbons (Fsp3) is 0.485. The number of halogens is 3. The van der Waals surface area contributed by atoms with E-state index in [1.165, 1.54) is 34.5 Å². The highest BCUT2D eigenvalue weighted by Crippen LogP contribution is 2.46. The van der Waals surface area contributed by atoms with Gasteiger partial charge in [-0.25, -0.2) is 14.0 Å². The molecule has 0 bridgehead atoms. The Labute approximate surface area is 310 Å². The summed E-state index contributed by atoms with van der Waals surface area (Å²) in [6.45, 7) is 2.82. The first-order valence-electron chi connectivity index (χ1n) is 16.6. The number of hydrogen-bond acceptors (Lipinski definition) is 9. The van der Waals surface area contributed by atoms with Crippen LogP contribution in [0.3, 0.4) is 0 Å². The smallest absolute Gasteiger partial charge is 0.352 e. The van der Waals surface area contributed by atoms with Crippen molar-refractivity contribution in [3.05, 3.63) is 77.6 Å². The third-order valence-corrected chi connectivity index (χ3v) is 11.2. The molecule has 2 fully saturated rings. The summed E-state index contributed by atoms with van der Waals surface area (Å²) < 4.78 is 9.34. The Morgan fingerprint density at radius 3 is 2.40 bits per heavy atom. The lowest BCUT2D eigenvalue weighted by molar-refractivity contribution is -0.134. The number of amides is 3. The van der Waals surface area contributed by atoms with Crippen molar-refractivity contribution in [1.29, 1.82) is 0 Å². The number of rotatable bonds is 5. The van der Waals surface area contributed by atoms with Crippen molar-refractivity contribution in [3.8, 4) is 5.88 Å². The number of aryl methyl sites for hydroxylation is 3. The van der Waals surface area contributed by atoms with E-state index in [0.717, 1.165) is 76.0 Å². The van der Waals surface area contributed by atoms with E-state index in [1.54, 1.807) is 4.90 Å². The molecular weight excluding hydrogens is 796 g/mol. The van der Waals surface area contributed by atoms with E-state index in [4.69, 9.17) is 32.8 Å². The number of ether oxygens (including phenoxy) is 1. The molecule has 7 rings (SSSR count). The van der Waals surface area contributed by atoms with Crippen LogP contribution in [0.4, 0.5) is 4.79 Å². The number of piperidine rings is 2. The summed E-state index contributed by atoms with van der Waals surface area (Å²) in [4.78, 5) is 48.4. The maximum atomic E-state index is 13.1. The summed E-state index contributed by atoms with van der Waals surface area (Å²) in [6, 6.07) is 5.95. The van der Waals surface area contributed by atoms with E-state index in [9.17, 15) is 14.4 Å². The molecule has 1 atom stereocenters. The first-order valence-corrected chi connectivity index (χ1v) is 18.5. The van der Waals surface area contributed by atoms with E-state index < -0.39 is 0 Å². The molecule has 14 nitrogen and oxygen atoms in total. The molecule has 5 heterocycles. The van der Waals surface area contributed by atoms with Crippen LogP contribution in [0.2, 0.25) is 5.02 Å². The van der Waals surface area contributed by atoms with Crippen LogP contribution in [0.15, 0.2) is 44.5 Å². The van der Waals surface area contributed by atoms with Crippen molar-refractivity contribution in [3.63, 3.8) is 0 Å². The van der Waals surface area contributed by atoms with Crippen molar-refractivity contribution in [2.45, 2.75) is 50.9 Å². The van der Waals surface area contributed by atoms with Crippen molar-refractivity contribution < 1.29 is 14.3 Å². The first kappa shape index (κ1) is 36.2. The molecule has 2 saturated heterocycles. The number of aromatic nitrogens is 6. The van der Waals surface area contributed by atoms with Crippen molar-refractivity contribution in [2.75, 3.05) is 32.9 Å². The monoisotopic (exact) mass is 832 g/mol. The Hall–Kier alpha value is -3.60. The van der Waals surface area contributed by atoms with Gasteiger partial charge < -0.3 is 20.3 Å². The number of urea groups is 1. The molecule has 0 spiro atoms. The minimum Gasteiger partial charge on any atom is -0.459 e. The second-order valence-corrected chi connectivity index (χ2v) is 15.1. The molecule has 4 aromatic rings. The lowest BCUT2D eigenvalue weighted by Gasteiger charge is -2.38. The maximum absolute atomic E-state index is 13.1. The minimum absolute atomic E-state index is 0.0242. The van der Waals surface area contributed by atoms with Gasteiger partial charge in [-0.1, -0.05) is 32.7 Å². The van der Waals surface area contributed by atoms with Gasteiger partial charge in [0.05, 0.1) is 5.69 Å². The van der Waals surface area contributed by atoms with Gasteiger partial charge in [0.15, 0.2) is 0 Å². The highest BCUT2D eigenvalue weighted by Gasteiger charge is 2.37. The number of pyridine rings is 1. The molecule has 3 aliphatic rings. The normalized spacial score (nSPS) is 18.1. The predicted octanol–water partition coefficient (Wildman–Crippen LogP) is 4.03. The van der Waals surface area contributed by atoms with E-state index in [2.05, 4.69) is 59.3 Å². The van der Waals surface area contributed by atoms with Crippen LogP contribution < -0.4 is 21.9 Å². The van der Waals surface area contributed by atoms with Crippen molar-refractivity contribution in [2.24, 2.45) is 30.4 Å². The quantitative estimate of drug-likeness (QED) is 0.281. The standard InChI is InChI=1S/C27H31Br2ClN4O2.C6H8N6O2/c28-20-12-19-2-1-18-13-21(30)14-22(29)24(18)25(26(19)32-15-20)17-5-9-33(10-6-17)23(35)11-16-3-7-34(8-4-16)27(31)36;1-11-6(13)12-3-8-5(14-2-7)4(12)9-10-11/h12-17,25H,1-11H2,(H2,31,36);3H,2,7H2,1H3/t25-;/m0./s1. The van der Waals surface area contributed by atoms with Crippen LogP contribution in [0.1, 0.15) is 60.4 Å². The Bertz CT molecular complexity index is 1940. The average Bonchev–Trinajstić information content (AvgIpc) is 3.43. The van der Waals surface area contributed by atoms with Gasteiger partial charge in [0.1, 0.15) is 13.1 Å². The van der Waals surface area contributed by atoms with Gasteiger partial charge in [-0.15, -0.1) is 5.10 Å². The average molecular weight is 835 g/mol. The molecule has 2 aliphatic heterocycles. The number of likely N-dealkylation sites (tertiary alicyclic amines) is 2. The lowest BCUT2D eigenvalue weighted by atomic mass is 9.76. The van der Waals surface area contributed by atoms with Crippen LogP contribution in [0.5, 0.6) is 5.88 Å². The summed E-state index contributed by atoms with van der Waals surface area (Å²) in [6.07, 6.45) is 9.24. The molecule has 266 valence electrons. The van der Waals surface area contributed by atoms with Crippen molar-refractivity contribution in [1.82, 2.24) is 39.2 Å². The predicted molar refractivity (Wildman–Crippen MR) is 194 cm³/mol.